The lowest BCUT2D eigenvalue weighted by molar-refractivity contribution is 0.602. The van der Waals surface area contributed by atoms with E-state index in [-0.39, 0.29) is 10.6 Å². The van der Waals surface area contributed by atoms with Crippen LogP contribution in [-0.4, -0.2) is 19.7 Å². The Kier molecular flexibility index (Phi) is 3.94. The largest absolute Gasteiger partial charge is 0.396 e. The highest BCUT2D eigenvalue weighted by Gasteiger charge is 2.13. The van der Waals surface area contributed by atoms with E-state index in [0.29, 0.717) is 12.2 Å². The molecule has 2 rings (SSSR count). The fraction of sp³-hybridized carbons (Fsp3) is 0.214. The standard InChI is InChI=1S/C14H17N3O2S/c1-10-8-16-7-6-11(10)9-17-12-4-3-5-13(14(12)15)20(2,18)19/h3-8,17H,9,15H2,1-2H3. The number of benzene rings is 1. The summed E-state index contributed by atoms with van der Waals surface area (Å²) < 4.78 is 23.2. The Morgan fingerprint density at radius 1 is 1.30 bits per heavy atom. The number of rotatable bonds is 4. The average molecular weight is 291 g/mol. The molecule has 1 heterocycles. The number of nitrogens with two attached hydrogens (primary N) is 1. The van der Waals surface area contributed by atoms with Crippen LogP contribution < -0.4 is 11.1 Å². The Balaban J connectivity index is 2.25. The van der Waals surface area contributed by atoms with Crippen molar-refractivity contribution < 1.29 is 8.42 Å². The van der Waals surface area contributed by atoms with Gasteiger partial charge in [0.25, 0.3) is 0 Å². The molecule has 5 nitrogen and oxygen atoms in total. The summed E-state index contributed by atoms with van der Waals surface area (Å²) in [5.74, 6) is 0. The second-order valence-electron chi connectivity index (χ2n) is 4.65. The van der Waals surface area contributed by atoms with Crippen molar-refractivity contribution in [2.75, 3.05) is 17.3 Å². The quantitative estimate of drug-likeness (QED) is 0.841. The third-order valence-electron chi connectivity index (χ3n) is 3.07. The number of nitrogen functional groups attached to an aromatic ring is 1. The molecular weight excluding hydrogens is 274 g/mol. The van der Waals surface area contributed by atoms with E-state index in [1.54, 1.807) is 24.5 Å². The van der Waals surface area contributed by atoms with Gasteiger partial charge in [-0.2, -0.15) is 0 Å². The molecule has 0 unspecified atom stereocenters. The van der Waals surface area contributed by atoms with Gasteiger partial charge < -0.3 is 11.1 Å². The van der Waals surface area contributed by atoms with Crippen LogP contribution in [0.1, 0.15) is 11.1 Å². The third-order valence-corrected chi connectivity index (χ3v) is 4.23. The predicted octanol–water partition coefficient (Wildman–Crippen LogP) is 1.99. The van der Waals surface area contributed by atoms with Crippen molar-refractivity contribution in [1.82, 2.24) is 4.98 Å². The van der Waals surface area contributed by atoms with E-state index < -0.39 is 9.84 Å². The summed E-state index contributed by atoms with van der Waals surface area (Å²) >= 11 is 0. The first kappa shape index (κ1) is 14.3. The Bertz CT molecular complexity index is 727. The van der Waals surface area contributed by atoms with Gasteiger partial charge >= 0.3 is 0 Å². The van der Waals surface area contributed by atoms with Gasteiger partial charge in [-0.25, -0.2) is 8.42 Å². The smallest absolute Gasteiger partial charge is 0.177 e. The summed E-state index contributed by atoms with van der Waals surface area (Å²) in [6.07, 6.45) is 4.66. The fourth-order valence-corrected chi connectivity index (χ4v) is 2.75. The zero-order chi connectivity index (χ0) is 14.8. The van der Waals surface area contributed by atoms with Gasteiger partial charge in [-0.3, -0.25) is 4.98 Å². The lowest BCUT2D eigenvalue weighted by Gasteiger charge is -2.13. The number of pyridine rings is 1. The molecule has 0 saturated carbocycles. The van der Waals surface area contributed by atoms with Gasteiger partial charge in [0.1, 0.15) is 0 Å². The summed E-state index contributed by atoms with van der Waals surface area (Å²) in [6.45, 7) is 2.53. The second kappa shape index (κ2) is 5.50. The average Bonchev–Trinajstić information content (AvgIpc) is 2.38. The van der Waals surface area contributed by atoms with Crippen molar-refractivity contribution in [1.29, 1.82) is 0 Å². The molecule has 0 aliphatic carbocycles. The fourth-order valence-electron chi connectivity index (χ4n) is 1.91. The second-order valence-corrected chi connectivity index (χ2v) is 6.63. The van der Waals surface area contributed by atoms with Gasteiger partial charge in [0.05, 0.1) is 16.3 Å². The Morgan fingerprint density at radius 3 is 2.70 bits per heavy atom. The van der Waals surface area contributed by atoms with Crippen molar-refractivity contribution in [3.05, 3.63) is 47.8 Å². The van der Waals surface area contributed by atoms with Crippen molar-refractivity contribution in [2.24, 2.45) is 0 Å². The summed E-state index contributed by atoms with van der Waals surface area (Å²) in [5, 5.41) is 3.17. The molecule has 0 atom stereocenters. The molecule has 0 spiro atoms. The van der Waals surface area contributed by atoms with Crippen LogP contribution >= 0.6 is 0 Å². The lowest BCUT2D eigenvalue weighted by Crippen LogP contribution is -2.08. The first-order valence-corrected chi connectivity index (χ1v) is 8.00. The van der Waals surface area contributed by atoms with Gasteiger partial charge in [0, 0.05) is 25.2 Å². The molecule has 0 amide bonds. The number of aromatic nitrogens is 1. The van der Waals surface area contributed by atoms with Crippen LogP contribution in [0.4, 0.5) is 11.4 Å². The van der Waals surface area contributed by atoms with E-state index in [4.69, 9.17) is 5.73 Å². The van der Waals surface area contributed by atoms with E-state index in [1.807, 2.05) is 13.0 Å². The van der Waals surface area contributed by atoms with E-state index in [1.165, 1.54) is 6.07 Å². The monoisotopic (exact) mass is 291 g/mol. The third kappa shape index (κ3) is 3.08. The van der Waals surface area contributed by atoms with Crippen LogP contribution in [0.15, 0.2) is 41.6 Å². The highest BCUT2D eigenvalue weighted by molar-refractivity contribution is 7.90. The molecule has 0 aliphatic heterocycles. The molecule has 1 aromatic heterocycles. The van der Waals surface area contributed by atoms with Crippen LogP contribution in [0, 0.1) is 6.92 Å². The maximum absolute atomic E-state index is 11.6. The van der Waals surface area contributed by atoms with Gasteiger partial charge in [0.15, 0.2) is 9.84 Å². The Hall–Kier alpha value is -2.08. The highest BCUT2D eigenvalue weighted by Crippen LogP contribution is 2.27. The lowest BCUT2D eigenvalue weighted by atomic mass is 10.1. The summed E-state index contributed by atoms with van der Waals surface area (Å²) in [4.78, 5) is 4.18. The maximum atomic E-state index is 11.6. The summed E-state index contributed by atoms with van der Waals surface area (Å²) in [6, 6.07) is 6.86. The first-order valence-electron chi connectivity index (χ1n) is 6.11. The SMILES string of the molecule is Cc1cnccc1CNc1cccc(S(C)(=O)=O)c1N. The number of hydrogen-bond donors (Lipinski definition) is 2. The number of para-hydroxylation sites is 1. The number of hydrogen-bond acceptors (Lipinski definition) is 5. The van der Waals surface area contributed by atoms with Gasteiger partial charge in [-0.1, -0.05) is 6.07 Å². The topological polar surface area (TPSA) is 85.1 Å². The minimum Gasteiger partial charge on any atom is -0.396 e. The first-order chi connectivity index (χ1) is 9.39. The maximum Gasteiger partial charge on any atom is 0.177 e. The molecular formula is C14H17N3O2S. The van der Waals surface area contributed by atoms with E-state index in [9.17, 15) is 8.42 Å². The van der Waals surface area contributed by atoms with Gasteiger partial charge in [-0.05, 0) is 36.2 Å². The molecule has 106 valence electrons. The predicted molar refractivity (Wildman–Crippen MR) is 80.3 cm³/mol. The minimum absolute atomic E-state index is 0.147. The molecule has 6 heteroatoms. The molecule has 2 aromatic rings. The van der Waals surface area contributed by atoms with Crippen molar-refractivity contribution >= 4 is 21.2 Å². The van der Waals surface area contributed by atoms with Crippen LogP contribution in [0.2, 0.25) is 0 Å². The van der Waals surface area contributed by atoms with Crippen LogP contribution in [0.25, 0.3) is 0 Å². The summed E-state index contributed by atoms with van der Waals surface area (Å²) in [7, 11) is -3.32. The van der Waals surface area contributed by atoms with E-state index >= 15 is 0 Å². The molecule has 0 aliphatic rings. The molecule has 0 bridgehead atoms. The van der Waals surface area contributed by atoms with Crippen molar-refractivity contribution in [2.45, 2.75) is 18.4 Å². The van der Waals surface area contributed by atoms with Crippen molar-refractivity contribution in [3.63, 3.8) is 0 Å². The van der Waals surface area contributed by atoms with Gasteiger partial charge in [0.2, 0.25) is 0 Å². The zero-order valence-electron chi connectivity index (χ0n) is 11.4. The molecule has 1 aromatic carbocycles. The number of sulfone groups is 1. The summed E-state index contributed by atoms with van der Waals surface area (Å²) in [5.41, 5.74) is 8.94. The Labute approximate surface area is 118 Å². The molecule has 20 heavy (non-hydrogen) atoms. The molecule has 0 radical (unpaired) electrons. The zero-order valence-corrected chi connectivity index (χ0v) is 12.2. The van der Waals surface area contributed by atoms with Gasteiger partial charge in [-0.15, -0.1) is 0 Å². The van der Waals surface area contributed by atoms with Crippen LogP contribution in [0.3, 0.4) is 0 Å². The Morgan fingerprint density at radius 2 is 2.05 bits per heavy atom. The van der Waals surface area contributed by atoms with E-state index in [2.05, 4.69) is 10.3 Å². The number of nitrogens with one attached hydrogen (secondary N) is 1. The normalized spacial score (nSPS) is 11.3. The number of anilines is 2. The van der Waals surface area contributed by atoms with E-state index in [0.717, 1.165) is 17.4 Å². The minimum atomic E-state index is -3.32. The molecule has 3 N–H and O–H groups in total. The highest BCUT2D eigenvalue weighted by atomic mass is 32.2. The van der Waals surface area contributed by atoms with Crippen LogP contribution in [0.5, 0.6) is 0 Å². The number of nitrogens with zero attached hydrogens (tertiary/aromatic N) is 1. The molecule has 0 saturated heterocycles. The van der Waals surface area contributed by atoms with Crippen molar-refractivity contribution in [3.8, 4) is 0 Å². The van der Waals surface area contributed by atoms with Crippen LogP contribution in [-0.2, 0) is 16.4 Å². The molecule has 0 fully saturated rings. The number of aryl methyl sites for hydroxylation is 1.